The lowest BCUT2D eigenvalue weighted by Gasteiger charge is -2.33. The molecule has 0 atom stereocenters. The van der Waals surface area contributed by atoms with Crippen LogP contribution in [0.5, 0.6) is 5.75 Å². The van der Waals surface area contributed by atoms with E-state index in [9.17, 15) is 14.4 Å². The molecule has 0 aromatic heterocycles. The Balaban J connectivity index is 1.79. The van der Waals surface area contributed by atoms with Crippen molar-refractivity contribution in [2.75, 3.05) is 49.1 Å². The minimum Gasteiger partial charge on any atom is -0.482 e. The van der Waals surface area contributed by atoms with E-state index in [4.69, 9.17) is 4.74 Å². The van der Waals surface area contributed by atoms with Crippen LogP contribution in [0.25, 0.3) is 0 Å². The van der Waals surface area contributed by atoms with Gasteiger partial charge < -0.3 is 15.0 Å². The highest BCUT2D eigenvalue weighted by Crippen LogP contribution is 2.35. The van der Waals surface area contributed by atoms with Crippen molar-refractivity contribution < 1.29 is 19.1 Å². The summed E-state index contributed by atoms with van der Waals surface area (Å²) in [6, 6.07) is 5.64. The zero-order chi connectivity index (χ0) is 17.8. The van der Waals surface area contributed by atoms with Gasteiger partial charge in [-0.1, -0.05) is 0 Å². The zero-order valence-corrected chi connectivity index (χ0v) is 14.0. The number of hydrogen-bond donors (Lipinski definition) is 3. The van der Waals surface area contributed by atoms with E-state index < -0.39 is 5.91 Å². The Morgan fingerprint density at radius 3 is 2.72 bits per heavy atom. The monoisotopic (exact) mass is 347 g/mol. The third-order valence-corrected chi connectivity index (χ3v) is 4.05. The molecule has 2 heterocycles. The van der Waals surface area contributed by atoms with E-state index in [1.807, 2.05) is 18.2 Å². The summed E-state index contributed by atoms with van der Waals surface area (Å²) in [6.45, 7) is 4.51. The molecule has 3 N–H and O–H groups in total. The van der Waals surface area contributed by atoms with Crippen LogP contribution in [-0.2, 0) is 14.4 Å². The smallest absolute Gasteiger partial charge is 0.265 e. The van der Waals surface area contributed by atoms with Crippen LogP contribution in [0, 0.1) is 0 Å². The van der Waals surface area contributed by atoms with E-state index in [-0.39, 0.29) is 25.0 Å². The molecule has 0 bridgehead atoms. The molecule has 0 radical (unpaired) electrons. The van der Waals surface area contributed by atoms with Crippen molar-refractivity contribution in [1.82, 2.24) is 16.2 Å². The van der Waals surface area contributed by atoms with Gasteiger partial charge in [-0.3, -0.25) is 30.1 Å². The summed E-state index contributed by atoms with van der Waals surface area (Å²) >= 11 is 0. The SMILES string of the molecule is CC(=O)NNC(=O)CN1C(=O)COc2ccc(N3CCNCC3)cc21. The molecule has 0 saturated carbocycles. The Labute approximate surface area is 145 Å². The number of anilines is 2. The molecule has 0 aliphatic carbocycles. The zero-order valence-electron chi connectivity index (χ0n) is 14.0. The second-order valence-electron chi connectivity index (χ2n) is 5.89. The van der Waals surface area contributed by atoms with Crippen LogP contribution in [0.3, 0.4) is 0 Å². The van der Waals surface area contributed by atoms with Crippen molar-refractivity contribution in [2.45, 2.75) is 6.92 Å². The van der Waals surface area contributed by atoms with Crippen LogP contribution >= 0.6 is 0 Å². The van der Waals surface area contributed by atoms with E-state index in [1.165, 1.54) is 11.8 Å². The van der Waals surface area contributed by atoms with E-state index in [0.717, 1.165) is 31.9 Å². The van der Waals surface area contributed by atoms with Crippen LogP contribution in [0.4, 0.5) is 11.4 Å². The number of hydrogen-bond acceptors (Lipinski definition) is 6. The van der Waals surface area contributed by atoms with Gasteiger partial charge in [0.2, 0.25) is 5.91 Å². The molecule has 0 spiro atoms. The van der Waals surface area contributed by atoms with E-state index in [1.54, 1.807) is 0 Å². The van der Waals surface area contributed by atoms with Crippen LogP contribution in [-0.4, -0.2) is 57.1 Å². The largest absolute Gasteiger partial charge is 0.482 e. The molecule has 3 rings (SSSR count). The number of carbonyl (C=O) groups excluding carboxylic acids is 3. The van der Waals surface area contributed by atoms with Gasteiger partial charge >= 0.3 is 0 Å². The average molecular weight is 347 g/mol. The van der Waals surface area contributed by atoms with Gasteiger partial charge in [-0.05, 0) is 18.2 Å². The molecule has 2 aliphatic heterocycles. The summed E-state index contributed by atoms with van der Waals surface area (Å²) in [5.41, 5.74) is 6.02. The number of benzene rings is 1. The van der Waals surface area contributed by atoms with E-state index >= 15 is 0 Å². The number of amides is 3. The lowest BCUT2D eigenvalue weighted by molar-refractivity contribution is -0.128. The molecule has 1 fully saturated rings. The van der Waals surface area contributed by atoms with Crippen LogP contribution in [0.2, 0.25) is 0 Å². The van der Waals surface area contributed by atoms with Gasteiger partial charge in [0.1, 0.15) is 12.3 Å². The van der Waals surface area contributed by atoms with Gasteiger partial charge in [-0.2, -0.15) is 0 Å². The molecule has 25 heavy (non-hydrogen) atoms. The Bertz CT molecular complexity index is 687. The van der Waals surface area contributed by atoms with Crippen LogP contribution < -0.4 is 30.7 Å². The Hall–Kier alpha value is -2.81. The fraction of sp³-hybridized carbons (Fsp3) is 0.438. The highest BCUT2D eigenvalue weighted by molar-refractivity contribution is 6.02. The minimum atomic E-state index is -0.482. The number of rotatable bonds is 3. The molecule has 3 amide bonds. The Morgan fingerprint density at radius 1 is 1.24 bits per heavy atom. The third kappa shape index (κ3) is 4.00. The maximum absolute atomic E-state index is 12.2. The first-order valence-corrected chi connectivity index (χ1v) is 8.13. The van der Waals surface area contributed by atoms with Crippen molar-refractivity contribution in [1.29, 1.82) is 0 Å². The summed E-state index contributed by atoms with van der Waals surface area (Å²) < 4.78 is 5.46. The number of fused-ring (bicyclic) bond motifs is 1. The summed E-state index contributed by atoms with van der Waals surface area (Å²) in [5.74, 6) is -0.610. The number of nitrogens with zero attached hydrogens (tertiary/aromatic N) is 2. The first-order valence-electron chi connectivity index (χ1n) is 8.13. The van der Waals surface area contributed by atoms with Gasteiger partial charge in [-0.25, -0.2) is 0 Å². The summed E-state index contributed by atoms with van der Waals surface area (Å²) in [4.78, 5) is 38.7. The fourth-order valence-electron chi connectivity index (χ4n) is 2.82. The molecule has 9 nitrogen and oxygen atoms in total. The number of piperazine rings is 1. The highest BCUT2D eigenvalue weighted by Gasteiger charge is 2.28. The molecule has 9 heteroatoms. The number of carbonyl (C=O) groups is 3. The number of hydrazine groups is 1. The maximum Gasteiger partial charge on any atom is 0.265 e. The standard InChI is InChI=1S/C16H21N5O4/c1-11(22)18-19-15(23)9-21-13-8-12(20-6-4-17-5-7-20)2-3-14(13)25-10-16(21)24/h2-3,8,17H,4-7,9-10H2,1H3,(H,18,22)(H,19,23). The van der Waals surface area contributed by atoms with Crippen molar-refractivity contribution >= 4 is 29.1 Å². The van der Waals surface area contributed by atoms with E-state index in [2.05, 4.69) is 21.1 Å². The molecule has 0 unspecified atom stereocenters. The fourth-order valence-corrected chi connectivity index (χ4v) is 2.82. The summed E-state index contributed by atoms with van der Waals surface area (Å²) in [5, 5.41) is 3.29. The van der Waals surface area contributed by atoms with Crippen molar-refractivity contribution in [3.8, 4) is 5.75 Å². The van der Waals surface area contributed by atoms with Gasteiger partial charge in [0, 0.05) is 38.8 Å². The molecule has 1 saturated heterocycles. The Morgan fingerprint density at radius 2 is 2.00 bits per heavy atom. The molecule has 2 aliphatic rings. The quantitative estimate of drug-likeness (QED) is 0.606. The minimum absolute atomic E-state index is 0.118. The number of nitrogens with one attached hydrogen (secondary N) is 3. The normalized spacial score (nSPS) is 16.8. The van der Waals surface area contributed by atoms with Crippen molar-refractivity contribution in [2.24, 2.45) is 0 Å². The first-order chi connectivity index (χ1) is 12.0. The highest BCUT2D eigenvalue weighted by atomic mass is 16.5. The molecule has 1 aromatic carbocycles. The van der Waals surface area contributed by atoms with Gasteiger partial charge in [0.15, 0.2) is 6.61 Å². The first kappa shape index (κ1) is 17.0. The van der Waals surface area contributed by atoms with Gasteiger partial charge in [-0.15, -0.1) is 0 Å². The second kappa shape index (κ2) is 7.39. The molecular formula is C16H21N5O4. The average Bonchev–Trinajstić information content (AvgIpc) is 2.63. The third-order valence-electron chi connectivity index (χ3n) is 4.05. The number of ether oxygens (including phenoxy) is 1. The molecular weight excluding hydrogens is 326 g/mol. The van der Waals surface area contributed by atoms with Crippen molar-refractivity contribution in [3.05, 3.63) is 18.2 Å². The van der Waals surface area contributed by atoms with Crippen LogP contribution in [0.1, 0.15) is 6.92 Å². The van der Waals surface area contributed by atoms with Crippen LogP contribution in [0.15, 0.2) is 18.2 Å². The predicted molar refractivity (Wildman–Crippen MR) is 91.3 cm³/mol. The lowest BCUT2D eigenvalue weighted by Crippen LogP contribution is -2.49. The maximum atomic E-state index is 12.2. The van der Waals surface area contributed by atoms with E-state index in [0.29, 0.717) is 11.4 Å². The molecule has 1 aromatic rings. The summed E-state index contributed by atoms with van der Waals surface area (Å²) in [7, 11) is 0. The Kier molecular flexibility index (Phi) is 5.03. The predicted octanol–water partition coefficient (Wildman–Crippen LogP) is -1.01. The van der Waals surface area contributed by atoms with Crippen molar-refractivity contribution in [3.63, 3.8) is 0 Å². The van der Waals surface area contributed by atoms with Gasteiger partial charge in [0.25, 0.3) is 11.8 Å². The summed E-state index contributed by atoms with van der Waals surface area (Å²) in [6.07, 6.45) is 0. The topological polar surface area (TPSA) is 103 Å². The lowest BCUT2D eigenvalue weighted by atomic mass is 10.1. The van der Waals surface area contributed by atoms with Gasteiger partial charge in [0.05, 0.1) is 5.69 Å². The second-order valence-corrected chi connectivity index (χ2v) is 5.89. The molecule has 134 valence electrons.